The lowest BCUT2D eigenvalue weighted by molar-refractivity contribution is -0.121. The summed E-state index contributed by atoms with van der Waals surface area (Å²) in [6, 6.07) is 26.0. The third kappa shape index (κ3) is 4.38. The summed E-state index contributed by atoms with van der Waals surface area (Å²) >= 11 is 0. The molecule has 0 aliphatic carbocycles. The smallest absolute Gasteiger partial charge is 0.241 e. The van der Waals surface area contributed by atoms with Crippen LogP contribution < -0.4 is 5.43 Å². The van der Waals surface area contributed by atoms with Crippen LogP contribution in [-0.2, 0) is 11.3 Å². The quantitative estimate of drug-likeness (QED) is 0.404. The van der Waals surface area contributed by atoms with Gasteiger partial charge in [-0.3, -0.25) is 4.79 Å². The largest absolute Gasteiger partial charge is 0.273 e. The van der Waals surface area contributed by atoms with Crippen LogP contribution in [0.4, 0.5) is 0 Å². The van der Waals surface area contributed by atoms with Crippen molar-refractivity contribution in [2.75, 3.05) is 0 Å². The van der Waals surface area contributed by atoms with Crippen molar-refractivity contribution in [3.05, 3.63) is 84.4 Å². The highest BCUT2D eigenvalue weighted by atomic mass is 16.2. The van der Waals surface area contributed by atoms with Gasteiger partial charge in [0.1, 0.15) is 5.52 Å². The van der Waals surface area contributed by atoms with Crippen LogP contribution in [0.25, 0.3) is 22.2 Å². The van der Waals surface area contributed by atoms with Crippen molar-refractivity contribution in [2.24, 2.45) is 5.10 Å². The van der Waals surface area contributed by atoms with Crippen molar-refractivity contribution >= 4 is 22.7 Å². The van der Waals surface area contributed by atoms with Crippen molar-refractivity contribution < 1.29 is 4.79 Å². The molecule has 0 radical (unpaired) electrons. The van der Waals surface area contributed by atoms with E-state index >= 15 is 0 Å². The van der Waals surface area contributed by atoms with E-state index in [0.717, 1.165) is 27.9 Å². The van der Waals surface area contributed by atoms with Crippen LogP contribution in [0.1, 0.15) is 18.9 Å². The number of fused-ring (bicyclic) bond motifs is 1. The molecule has 4 aromatic rings. The lowest BCUT2D eigenvalue weighted by atomic mass is 10.0. The number of nitrogens with one attached hydrogen (secondary N) is 1. The number of nitrogens with zero attached hydrogens (tertiary/aromatic N) is 4. The molecule has 0 saturated heterocycles. The number of aryl methyl sites for hydroxylation is 1. The Hall–Kier alpha value is -3.80. The van der Waals surface area contributed by atoms with Gasteiger partial charge < -0.3 is 0 Å². The molecule has 3 aromatic carbocycles. The van der Waals surface area contributed by atoms with E-state index in [4.69, 9.17) is 0 Å². The second-order valence-electron chi connectivity index (χ2n) is 6.73. The molecule has 1 amide bonds. The van der Waals surface area contributed by atoms with Crippen molar-refractivity contribution in [3.8, 4) is 11.1 Å². The van der Waals surface area contributed by atoms with E-state index in [0.29, 0.717) is 6.54 Å². The lowest BCUT2D eigenvalue weighted by Gasteiger charge is -2.06. The predicted octanol–water partition coefficient (Wildman–Crippen LogP) is 4.03. The van der Waals surface area contributed by atoms with E-state index in [1.807, 2.05) is 61.5 Å². The van der Waals surface area contributed by atoms with Crippen LogP contribution in [0, 0.1) is 0 Å². The summed E-state index contributed by atoms with van der Waals surface area (Å²) in [4.78, 5) is 12.2. The van der Waals surface area contributed by atoms with E-state index < -0.39 is 0 Å². The summed E-state index contributed by atoms with van der Waals surface area (Å²) in [7, 11) is 0. The molecule has 1 heterocycles. The van der Waals surface area contributed by atoms with Crippen LogP contribution in [-0.4, -0.2) is 26.6 Å². The third-order valence-electron chi connectivity index (χ3n) is 4.73. The van der Waals surface area contributed by atoms with Gasteiger partial charge in [-0.05, 0) is 35.7 Å². The van der Waals surface area contributed by atoms with E-state index in [9.17, 15) is 4.79 Å². The molecule has 144 valence electrons. The van der Waals surface area contributed by atoms with Crippen molar-refractivity contribution in [2.45, 2.75) is 19.9 Å². The maximum Gasteiger partial charge on any atom is 0.241 e. The summed E-state index contributed by atoms with van der Waals surface area (Å²) in [5.41, 5.74) is 8.39. The average Bonchev–Trinajstić information content (AvgIpc) is 3.20. The van der Waals surface area contributed by atoms with E-state index in [-0.39, 0.29) is 12.3 Å². The minimum atomic E-state index is -0.162. The second-order valence-corrected chi connectivity index (χ2v) is 6.73. The Kier molecular flexibility index (Phi) is 5.42. The third-order valence-corrected chi connectivity index (χ3v) is 4.73. The number of rotatable bonds is 6. The van der Waals surface area contributed by atoms with E-state index in [2.05, 4.69) is 45.1 Å². The summed E-state index contributed by atoms with van der Waals surface area (Å²) in [6.45, 7) is 2.33. The van der Waals surface area contributed by atoms with Crippen LogP contribution in [0.3, 0.4) is 0 Å². The molecule has 0 aliphatic heterocycles. The van der Waals surface area contributed by atoms with Crippen molar-refractivity contribution in [1.82, 2.24) is 20.4 Å². The van der Waals surface area contributed by atoms with E-state index in [1.54, 1.807) is 4.68 Å². The van der Waals surface area contributed by atoms with Gasteiger partial charge >= 0.3 is 0 Å². The molecule has 0 bridgehead atoms. The molecule has 0 unspecified atom stereocenters. The zero-order valence-electron chi connectivity index (χ0n) is 16.1. The minimum Gasteiger partial charge on any atom is -0.273 e. The maximum absolute atomic E-state index is 12.2. The standard InChI is InChI=1S/C23H21N5O/c1-17(18-11-13-20(14-12-18)19-7-3-2-4-8-19)24-26-23(29)15-16-28-22-10-6-5-9-21(22)25-27-28/h2-14H,15-16H2,1H3,(H,26,29). The fourth-order valence-corrected chi connectivity index (χ4v) is 3.09. The molecule has 0 fully saturated rings. The number of aromatic nitrogens is 3. The van der Waals surface area contributed by atoms with Crippen LogP contribution in [0.5, 0.6) is 0 Å². The number of hydrogen-bond acceptors (Lipinski definition) is 4. The first-order chi connectivity index (χ1) is 14.2. The Morgan fingerprint density at radius 2 is 1.62 bits per heavy atom. The first-order valence-electron chi connectivity index (χ1n) is 9.48. The van der Waals surface area contributed by atoms with Crippen LogP contribution in [0.15, 0.2) is 84.0 Å². The molecule has 29 heavy (non-hydrogen) atoms. The van der Waals surface area contributed by atoms with Gasteiger partial charge in [0.2, 0.25) is 5.91 Å². The van der Waals surface area contributed by atoms with Gasteiger partial charge in [0, 0.05) is 6.42 Å². The number of para-hydroxylation sites is 1. The topological polar surface area (TPSA) is 72.2 Å². The zero-order chi connectivity index (χ0) is 20.1. The molecule has 1 N–H and O–H groups in total. The van der Waals surface area contributed by atoms with Crippen molar-refractivity contribution in [3.63, 3.8) is 0 Å². The monoisotopic (exact) mass is 383 g/mol. The molecule has 4 rings (SSSR count). The first-order valence-corrected chi connectivity index (χ1v) is 9.48. The summed E-state index contributed by atoms with van der Waals surface area (Å²) < 4.78 is 1.73. The van der Waals surface area contributed by atoms with Crippen LogP contribution in [0.2, 0.25) is 0 Å². The molecule has 0 saturated carbocycles. The number of benzene rings is 3. The number of hydrazone groups is 1. The highest BCUT2D eigenvalue weighted by Crippen LogP contribution is 2.19. The van der Waals surface area contributed by atoms with E-state index in [1.165, 1.54) is 5.56 Å². The molecule has 6 heteroatoms. The SMILES string of the molecule is CC(=NNC(=O)CCn1nnc2ccccc21)c1ccc(-c2ccccc2)cc1. The van der Waals surface area contributed by atoms with Crippen molar-refractivity contribution in [1.29, 1.82) is 0 Å². The first kappa shape index (κ1) is 18.6. The molecule has 1 aromatic heterocycles. The van der Waals surface area contributed by atoms with Gasteiger partial charge in [0.25, 0.3) is 0 Å². The number of hydrogen-bond donors (Lipinski definition) is 1. The Morgan fingerprint density at radius 3 is 2.41 bits per heavy atom. The zero-order valence-corrected chi connectivity index (χ0v) is 16.1. The minimum absolute atomic E-state index is 0.162. The number of carbonyl (C=O) groups is 1. The summed E-state index contributed by atoms with van der Waals surface area (Å²) in [6.07, 6.45) is 0.275. The Labute approximate surface area is 168 Å². The fourth-order valence-electron chi connectivity index (χ4n) is 3.09. The highest BCUT2D eigenvalue weighted by molar-refractivity contribution is 5.99. The summed E-state index contributed by atoms with van der Waals surface area (Å²) in [5, 5.41) is 12.4. The van der Waals surface area contributed by atoms with Crippen LogP contribution >= 0.6 is 0 Å². The predicted molar refractivity (Wildman–Crippen MR) is 114 cm³/mol. The Bertz CT molecular complexity index is 1150. The molecule has 0 spiro atoms. The Balaban J connectivity index is 1.35. The van der Waals surface area contributed by atoms with Gasteiger partial charge in [0.15, 0.2) is 0 Å². The maximum atomic E-state index is 12.2. The van der Waals surface area contributed by atoms with Gasteiger partial charge in [-0.2, -0.15) is 5.10 Å². The normalized spacial score (nSPS) is 11.6. The van der Waals surface area contributed by atoms with Gasteiger partial charge in [0.05, 0.1) is 17.8 Å². The second kappa shape index (κ2) is 8.48. The van der Waals surface area contributed by atoms with Gasteiger partial charge in [-0.1, -0.05) is 71.9 Å². The van der Waals surface area contributed by atoms with Gasteiger partial charge in [-0.15, -0.1) is 5.10 Å². The lowest BCUT2D eigenvalue weighted by Crippen LogP contribution is -2.21. The molecular weight excluding hydrogens is 362 g/mol. The highest BCUT2D eigenvalue weighted by Gasteiger charge is 2.07. The molecule has 6 nitrogen and oxygen atoms in total. The number of carbonyl (C=O) groups excluding carboxylic acids is 1. The average molecular weight is 383 g/mol. The van der Waals surface area contributed by atoms with Gasteiger partial charge in [-0.25, -0.2) is 10.1 Å². The molecule has 0 atom stereocenters. The fraction of sp³-hybridized carbons (Fsp3) is 0.130. The Morgan fingerprint density at radius 1 is 0.931 bits per heavy atom. The molecule has 0 aliphatic rings. The summed E-state index contributed by atoms with van der Waals surface area (Å²) in [5.74, 6) is -0.162. The number of amides is 1. The molecular formula is C23H21N5O.